The Morgan fingerprint density at radius 1 is 1.03 bits per heavy atom. The van der Waals surface area contributed by atoms with Crippen molar-refractivity contribution in [3.05, 3.63) is 41.5 Å². The average molecular weight is 491 g/mol. The number of benzene rings is 1. The van der Waals surface area contributed by atoms with Gasteiger partial charge in [0, 0.05) is 25.7 Å². The molecule has 2 heterocycles. The lowest BCUT2D eigenvalue weighted by Gasteiger charge is -2.19. The van der Waals surface area contributed by atoms with E-state index in [1.54, 1.807) is 12.1 Å². The lowest BCUT2D eigenvalue weighted by atomic mass is 10.0. The second kappa shape index (κ2) is 13.1. The van der Waals surface area contributed by atoms with Crippen LogP contribution in [0.5, 0.6) is 11.5 Å². The predicted octanol–water partition coefficient (Wildman–Crippen LogP) is 5.25. The highest BCUT2D eigenvalue weighted by atomic mass is 16.7. The first kappa shape index (κ1) is 27.2. The van der Waals surface area contributed by atoms with E-state index >= 15 is 0 Å². The molecular weight excluding hydrogens is 452 g/mol. The van der Waals surface area contributed by atoms with Crippen LogP contribution < -0.4 is 9.47 Å². The standard InChI is InChI=1S/C27H38O8/c1-6-29-17-31-21-15-20-12-8-9-13-22-23(35-27(4,5)34-22)14-10-11-19(3)33-26(28)25(20)24(16-21)32-18-30-7-2/h8,10,12,14-16,19,22-23H,6-7,9,11,13,17-18H2,1-5H3/b12-8+,14-10+/t19-,22-,23+/m0/s1. The molecule has 0 aromatic heterocycles. The monoisotopic (exact) mass is 490 g/mol. The van der Waals surface area contributed by atoms with Gasteiger partial charge in [0.05, 0.1) is 6.10 Å². The molecule has 0 bridgehead atoms. The third-order valence-electron chi connectivity index (χ3n) is 5.56. The number of allylic oxidation sites excluding steroid dienone is 1. The van der Waals surface area contributed by atoms with Crippen LogP contribution in [0.1, 0.15) is 69.8 Å². The van der Waals surface area contributed by atoms with E-state index in [1.165, 1.54) is 0 Å². The summed E-state index contributed by atoms with van der Waals surface area (Å²) in [5, 5.41) is 0. The largest absolute Gasteiger partial charge is 0.467 e. The van der Waals surface area contributed by atoms with E-state index in [9.17, 15) is 4.79 Å². The molecule has 0 amide bonds. The SMILES string of the molecule is CCOCOc1cc2c(c(OCOCC)c1)C(=O)O[C@@H](C)C/C=C/[C@H]1OC(C)(C)O[C@H]1CC/C=C/2. The minimum Gasteiger partial charge on any atom is -0.467 e. The summed E-state index contributed by atoms with van der Waals surface area (Å²) in [6.07, 6.45) is 9.40. The highest BCUT2D eigenvalue weighted by Crippen LogP contribution is 2.34. The Labute approximate surface area is 208 Å². The number of hydrogen-bond acceptors (Lipinski definition) is 8. The third-order valence-corrected chi connectivity index (χ3v) is 5.56. The van der Waals surface area contributed by atoms with Gasteiger partial charge in [-0.3, -0.25) is 0 Å². The van der Waals surface area contributed by atoms with Gasteiger partial charge >= 0.3 is 5.97 Å². The second-order valence-corrected chi connectivity index (χ2v) is 8.89. The van der Waals surface area contributed by atoms with Crippen LogP contribution in [0.3, 0.4) is 0 Å². The number of carbonyl (C=O) groups excluding carboxylic acids is 1. The van der Waals surface area contributed by atoms with Crippen molar-refractivity contribution in [3.8, 4) is 11.5 Å². The van der Waals surface area contributed by atoms with Crippen molar-refractivity contribution in [2.45, 2.75) is 78.0 Å². The number of rotatable bonds is 8. The lowest BCUT2D eigenvalue weighted by Crippen LogP contribution is -2.21. The molecule has 0 radical (unpaired) electrons. The lowest BCUT2D eigenvalue weighted by molar-refractivity contribution is -0.143. The van der Waals surface area contributed by atoms with Crippen LogP contribution >= 0.6 is 0 Å². The molecule has 2 aliphatic heterocycles. The Balaban J connectivity index is 1.94. The van der Waals surface area contributed by atoms with E-state index in [0.29, 0.717) is 42.3 Å². The molecule has 0 saturated carbocycles. The van der Waals surface area contributed by atoms with Crippen LogP contribution in [0.4, 0.5) is 0 Å². The smallest absolute Gasteiger partial charge is 0.342 e. The Morgan fingerprint density at radius 3 is 2.51 bits per heavy atom. The van der Waals surface area contributed by atoms with Gasteiger partial charge in [0.25, 0.3) is 0 Å². The van der Waals surface area contributed by atoms with Crippen molar-refractivity contribution in [2.24, 2.45) is 0 Å². The summed E-state index contributed by atoms with van der Waals surface area (Å²) in [4.78, 5) is 13.3. The van der Waals surface area contributed by atoms with E-state index in [2.05, 4.69) is 0 Å². The van der Waals surface area contributed by atoms with E-state index in [0.717, 1.165) is 12.8 Å². The molecule has 0 N–H and O–H groups in total. The number of hydrogen-bond donors (Lipinski definition) is 0. The molecule has 3 atom stereocenters. The summed E-state index contributed by atoms with van der Waals surface area (Å²) < 4.78 is 40.2. The topological polar surface area (TPSA) is 81.7 Å². The number of cyclic esters (lactones) is 1. The van der Waals surface area contributed by atoms with Crippen LogP contribution in [0.15, 0.2) is 30.4 Å². The fraction of sp³-hybridized carbons (Fsp3) is 0.593. The van der Waals surface area contributed by atoms with E-state index in [4.69, 9.17) is 33.2 Å². The van der Waals surface area contributed by atoms with Crippen molar-refractivity contribution in [1.82, 2.24) is 0 Å². The fourth-order valence-electron chi connectivity index (χ4n) is 3.95. The van der Waals surface area contributed by atoms with Crippen molar-refractivity contribution in [1.29, 1.82) is 0 Å². The Bertz CT molecular complexity index is 891. The number of carbonyl (C=O) groups is 1. The molecule has 8 nitrogen and oxygen atoms in total. The molecule has 3 rings (SSSR count). The first-order valence-corrected chi connectivity index (χ1v) is 12.3. The first-order chi connectivity index (χ1) is 16.8. The Hall–Kier alpha value is -2.39. The minimum absolute atomic E-state index is 0.00331. The van der Waals surface area contributed by atoms with Crippen molar-refractivity contribution < 1.29 is 38.0 Å². The zero-order valence-electron chi connectivity index (χ0n) is 21.4. The predicted molar refractivity (Wildman–Crippen MR) is 131 cm³/mol. The molecule has 1 fully saturated rings. The third kappa shape index (κ3) is 8.07. The van der Waals surface area contributed by atoms with Crippen molar-refractivity contribution >= 4 is 12.0 Å². The quantitative estimate of drug-likeness (QED) is 0.212. The normalized spacial score (nSPS) is 26.1. The van der Waals surface area contributed by atoms with Crippen molar-refractivity contribution in [2.75, 3.05) is 26.8 Å². The molecule has 1 aromatic carbocycles. The van der Waals surface area contributed by atoms with Crippen LogP contribution in [-0.2, 0) is 23.7 Å². The summed E-state index contributed by atoms with van der Waals surface area (Å²) in [5.41, 5.74) is 0.966. The van der Waals surface area contributed by atoms with Gasteiger partial charge < -0.3 is 33.2 Å². The molecule has 0 unspecified atom stereocenters. The summed E-state index contributed by atoms with van der Waals surface area (Å²) in [7, 11) is 0. The fourth-order valence-corrected chi connectivity index (χ4v) is 3.95. The molecule has 1 saturated heterocycles. The van der Waals surface area contributed by atoms with Gasteiger partial charge in [0.15, 0.2) is 19.4 Å². The molecule has 8 heteroatoms. The van der Waals surface area contributed by atoms with Gasteiger partial charge in [-0.15, -0.1) is 0 Å². The van der Waals surface area contributed by atoms with Gasteiger partial charge in [-0.25, -0.2) is 4.79 Å². The molecule has 194 valence electrons. The molecule has 0 spiro atoms. The highest BCUT2D eigenvalue weighted by molar-refractivity contribution is 5.97. The highest BCUT2D eigenvalue weighted by Gasteiger charge is 2.39. The number of ether oxygens (including phenoxy) is 7. The van der Waals surface area contributed by atoms with Crippen LogP contribution in [0.2, 0.25) is 0 Å². The molecular formula is C27H38O8. The van der Waals surface area contributed by atoms with Crippen LogP contribution in [-0.4, -0.2) is 56.9 Å². The van der Waals surface area contributed by atoms with Crippen LogP contribution in [0, 0.1) is 0 Å². The maximum Gasteiger partial charge on any atom is 0.342 e. The van der Waals surface area contributed by atoms with E-state index < -0.39 is 11.8 Å². The van der Waals surface area contributed by atoms with Gasteiger partial charge in [-0.2, -0.15) is 0 Å². The molecule has 1 aromatic rings. The maximum atomic E-state index is 13.3. The van der Waals surface area contributed by atoms with E-state index in [-0.39, 0.29) is 31.9 Å². The molecule has 2 aliphatic rings. The summed E-state index contributed by atoms with van der Waals surface area (Å²) in [6.45, 7) is 10.6. The maximum absolute atomic E-state index is 13.3. The zero-order valence-corrected chi connectivity index (χ0v) is 21.4. The number of fused-ring (bicyclic) bond motifs is 2. The average Bonchev–Trinajstić information content (AvgIpc) is 3.09. The second-order valence-electron chi connectivity index (χ2n) is 8.89. The first-order valence-electron chi connectivity index (χ1n) is 12.3. The van der Waals surface area contributed by atoms with Crippen LogP contribution in [0.25, 0.3) is 6.08 Å². The molecule has 35 heavy (non-hydrogen) atoms. The summed E-state index contributed by atoms with van der Waals surface area (Å²) in [6, 6.07) is 3.45. The number of esters is 1. The Kier molecular flexibility index (Phi) is 10.2. The van der Waals surface area contributed by atoms with E-state index in [1.807, 2.05) is 58.9 Å². The summed E-state index contributed by atoms with van der Waals surface area (Å²) in [5.74, 6) is -0.250. The zero-order chi connectivity index (χ0) is 25.3. The van der Waals surface area contributed by atoms with Gasteiger partial charge in [-0.05, 0) is 59.1 Å². The van der Waals surface area contributed by atoms with Gasteiger partial charge in [0.1, 0.15) is 29.3 Å². The van der Waals surface area contributed by atoms with Gasteiger partial charge in [0.2, 0.25) is 0 Å². The Morgan fingerprint density at radius 2 is 1.77 bits per heavy atom. The molecule has 0 aliphatic carbocycles. The van der Waals surface area contributed by atoms with Gasteiger partial charge in [-0.1, -0.05) is 24.3 Å². The van der Waals surface area contributed by atoms with Crippen molar-refractivity contribution in [3.63, 3.8) is 0 Å². The summed E-state index contributed by atoms with van der Waals surface area (Å²) >= 11 is 0. The minimum atomic E-state index is -0.637.